The van der Waals surface area contributed by atoms with E-state index in [4.69, 9.17) is 4.74 Å². The second-order valence-electron chi connectivity index (χ2n) is 6.24. The lowest BCUT2D eigenvalue weighted by Gasteiger charge is -2.36. The van der Waals surface area contributed by atoms with Gasteiger partial charge in [-0.1, -0.05) is 0 Å². The number of amides is 2. The van der Waals surface area contributed by atoms with Crippen LogP contribution in [0.1, 0.15) is 47.0 Å². The number of piperidine rings is 1. The van der Waals surface area contributed by atoms with E-state index in [2.05, 4.69) is 17.9 Å². The first-order valence-corrected chi connectivity index (χ1v) is 7.68. The topological polar surface area (TPSA) is 58.6 Å². The molecule has 1 aliphatic rings. The number of rotatable bonds is 3. The van der Waals surface area contributed by atoms with E-state index in [1.807, 2.05) is 20.8 Å². The maximum atomic E-state index is 12.2. The molecule has 1 rings (SSSR count). The molecule has 0 aromatic rings. The van der Waals surface area contributed by atoms with Crippen LogP contribution < -0.4 is 5.32 Å². The standard InChI is InChI=1S/C14H26N2O3S/c1-10(20)12(17)15-9-11-7-5-6-8-16(11)13(18)19-14(2,3)4/h10-11,20H,5-9H2,1-4H3,(H,15,17). The molecule has 1 saturated heterocycles. The molecule has 2 unspecified atom stereocenters. The van der Waals surface area contributed by atoms with Crippen molar-refractivity contribution in [2.75, 3.05) is 13.1 Å². The minimum Gasteiger partial charge on any atom is -0.444 e. The summed E-state index contributed by atoms with van der Waals surface area (Å²) in [5, 5.41) is 2.50. The minimum absolute atomic E-state index is 0.00892. The number of nitrogens with zero attached hydrogens (tertiary/aromatic N) is 1. The van der Waals surface area contributed by atoms with Crippen molar-refractivity contribution in [3.05, 3.63) is 0 Å². The number of likely N-dealkylation sites (tertiary alicyclic amines) is 1. The van der Waals surface area contributed by atoms with Crippen LogP contribution in [-0.2, 0) is 9.53 Å². The average molecular weight is 302 g/mol. The highest BCUT2D eigenvalue weighted by atomic mass is 32.1. The fraction of sp³-hybridized carbons (Fsp3) is 0.857. The molecular formula is C14H26N2O3S. The summed E-state index contributed by atoms with van der Waals surface area (Å²) < 4.78 is 5.42. The molecule has 1 N–H and O–H groups in total. The highest BCUT2D eigenvalue weighted by Gasteiger charge is 2.30. The van der Waals surface area contributed by atoms with Crippen LogP contribution in [0.5, 0.6) is 0 Å². The van der Waals surface area contributed by atoms with Crippen molar-refractivity contribution in [2.24, 2.45) is 0 Å². The Balaban J connectivity index is 2.58. The normalized spacial score (nSPS) is 21.2. The Labute approximate surface area is 126 Å². The zero-order chi connectivity index (χ0) is 15.3. The Bertz CT molecular complexity index is 353. The Morgan fingerprint density at radius 3 is 2.60 bits per heavy atom. The van der Waals surface area contributed by atoms with Crippen molar-refractivity contribution in [3.8, 4) is 0 Å². The molecule has 0 radical (unpaired) electrons. The first-order valence-electron chi connectivity index (χ1n) is 7.16. The predicted molar refractivity (Wildman–Crippen MR) is 82.0 cm³/mol. The second-order valence-corrected chi connectivity index (χ2v) is 7.02. The van der Waals surface area contributed by atoms with Gasteiger partial charge in [0, 0.05) is 13.1 Å². The van der Waals surface area contributed by atoms with E-state index in [0.29, 0.717) is 13.1 Å². The lowest BCUT2D eigenvalue weighted by Crippen LogP contribution is -2.51. The van der Waals surface area contributed by atoms with Crippen LogP contribution in [0.15, 0.2) is 0 Å². The zero-order valence-corrected chi connectivity index (χ0v) is 13.7. The van der Waals surface area contributed by atoms with Gasteiger partial charge < -0.3 is 15.0 Å². The summed E-state index contributed by atoms with van der Waals surface area (Å²) in [7, 11) is 0. The summed E-state index contributed by atoms with van der Waals surface area (Å²) in [6.07, 6.45) is 2.64. The monoisotopic (exact) mass is 302 g/mol. The van der Waals surface area contributed by atoms with Crippen LogP contribution in [0, 0.1) is 0 Å². The number of hydrogen-bond acceptors (Lipinski definition) is 4. The van der Waals surface area contributed by atoms with E-state index < -0.39 is 5.60 Å². The van der Waals surface area contributed by atoms with Crippen molar-refractivity contribution in [2.45, 2.75) is 63.9 Å². The van der Waals surface area contributed by atoms with Gasteiger partial charge >= 0.3 is 6.09 Å². The van der Waals surface area contributed by atoms with Gasteiger partial charge in [0.1, 0.15) is 5.60 Å². The third kappa shape index (κ3) is 5.61. The Hall–Kier alpha value is -0.910. The number of ether oxygens (including phenoxy) is 1. The lowest BCUT2D eigenvalue weighted by molar-refractivity contribution is -0.120. The summed E-state index contributed by atoms with van der Waals surface area (Å²) in [4.78, 5) is 25.5. The first kappa shape index (κ1) is 17.1. The van der Waals surface area contributed by atoms with Gasteiger partial charge in [-0.05, 0) is 47.0 Å². The number of nitrogens with one attached hydrogen (secondary N) is 1. The highest BCUT2D eigenvalue weighted by molar-refractivity contribution is 7.81. The molecule has 6 heteroatoms. The van der Waals surface area contributed by atoms with Crippen LogP contribution in [0.4, 0.5) is 4.79 Å². The highest BCUT2D eigenvalue weighted by Crippen LogP contribution is 2.20. The van der Waals surface area contributed by atoms with Crippen molar-refractivity contribution in [3.63, 3.8) is 0 Å². The Morgan fingerprint density at radius 2 is 2.05 bits per heavy atom. The molecule has 116 valence electrons. The van der Waals surface area contributed by atoms with Crippen molar-refractivity contribution in [1.29, 1.82) is 0 Å². The Morgan fingerprint density at radius 1 is 1.40 bits per heavy atom. The van der Waals surface area contributed by atoms with Gasteiger partial charge in [0.15, 0.2) is 0 Å². The lowest BCUT2D eigenvalue weighted by atomic mass is 10.0. The quantitative estimate of drug-likeness (QED) is 0.786. The molecule has 2 atom stereocenters. The van der Waals surface area contributed by atoms with E-state index in [9.17, 15) is 9.59 Å². The minimum atomic E-state index is -0.498. The fourth-order valence-electron chi connectivity index (χ4n) is 2.14. The summed E-state index contributed by atoms with van der Waals surface area (Å²) in [5.74, 6) is -0.108. The van der Waals surface area contributed by atoms with Crippen LogP contribution >= 0.6 is 12.6 Å². The van der Waals surface area contributed by atoms with Crippen LogP contribution in [0.2, 0.25) is 0 Å². The van der Waals surface area contributed by atoms with Crippen molar-refractivity contribution >= 4 is 24.6 Å². The van der Waals surface area contributed by atoms with E-state index in [1.165, 1.54) is 0 Å². The van der Waals surface area contributed by atoms with Gasteiger partial charge in [-0.25, -0.2) is 4.79 Å². The third-order valence-electron chi connectivity index (χ3n) is 3.15. The molecule has 1 aliphatic heterocycles. The van der Waals surface area contributed by atoms with Gasteiger partial charge in [-0.2, -0.15) is 12.6 Å². The second kappa shape index (κ2) is 7.20. The first-order chi connectivity index (χ1) is 9.20. The third-order valence-corrected chi connectivity index (χ3v) is 3.38. The molecule has 1 fully saturated rings. The van der Waals surface area contributed by atoms with E-state index in [0.717, 1.165) is 19.3 Å². The maximum absolute atomic E-state index is 12.2. The summed E-state index contributed by atoms with van der Waals surface area (Å²) in [6.45, 7) is 8.44. The van der Waals surface area contributed by atoms with Crippen molar-refractivity contribution in [1.82, 2.24) is 10.2 Å². The largest absolute Gasteiger partial charge is 0.444 e. The van der Waals surface area contributed by atoms with E-state index in [-0.39, 0.29) is 23.3 Å². The number of carbonyl (C=O) groups excluding carboxylic acids is 2. The summed E-state index contributed by atoms with van der Waals surface area (Å²) in [6, 6.07) is 0.00892. The SMILES string of the molecule is CC(S)C(=O)NCC1CCCCN1C(=O)OC(C)(C)C. The average Bonchev–Trinajstić information content (AvgIpc) is 2.34. The van der Waals surface area contributed by atoms with Crippen LogP contribution in [0.25, 0.3) is 0 Å². The van der Waals surface area contributed by atoms with Gasteiger partial charge in [0.05, 0.1) is 11.3 Å². The fourth-order valence-corrected chi connectivity index (χ4v) is 2.23. The summed E-state index contributed by atoms with van der Waals surface area (Å²) >= 11 is 4.09. The van der Waals surface area contributed by atoms with Crippen LogP contribution in [-0.4, -0.2) is 46.9 Å². The van der Waals surface area contributed by atoms with Crippen LogP contribution in [0.3, 0.4) is 0 Å². The van der Waals surface area contributed by atoms with Gasteiger partial charge in [-0.3, -0.25) is 4.79 Å². The molecule has 2 amide bonds. The molecule has 0 aliphatic carbocycles. The van der Waals surface area contributed by atoms with Crippen molar-refractivity contribution < 1.29 is 14.3 Å². The molecule has 0 aromatic heterocycles. The predicted octanol–water partition coefficient (Wildman–Crippen LogP) is 2.21. The number of hydrogen-bond donors (Lipinski definition) is 2. The molecule has 1 heterocycles. The molecule has 0 bridgehead atoms. The van der Waals surface area contributed by atoms with Gasteiger partial charge in [0.25, 0.3) is 0 Å². The smallest absolute Gasteiger partial charge is 0.410 e. The number of carbonyl (C=O) groups is 2. The van der Waals surface area contributed by atoms with E-state index in [1.54, 1.807) is 11.8 Å². The molecule has 20 heavy (non-hydrogen) atoms. The number of thiol groups is 1. The molecule has 0 aromatic carbocycles. The summed E-state index contributed by atoms with van der Waals surface area (Å²) in [5.41, 5.74) is -0.498. The molecule has 0 saturated carbocycles. The van der Waals surface area contributed by atoms with E-state index >= 15 is 0 Å². The Kier molecular flexibility index (Phi) is 6.17. The maximum Gasteiger partial charge on any atom is 0.410 e. The molecule has 5 nitrogen and oxygen atoms in total. The molecule has 0 spiro atoms. The molecular weight excluding hydrogens is 276 g/mol. The zero-order valence-electron chi connectivity index (χ0n) is 12.8. The van der Waals surface area contributed by atoms with Gasteiger partial charge in [-0.15, -0.1) is 0 Å². The van der Waals surface area contributed by atoms with Gasteiger partial charge in [0.2, 0.25) is 5.91 Å².